The van der Waals surface area contributed by atoms with Crippen molar-refractivity contribution in [2.75, 3.05) is 39.4 Å². The molecule has 1 heterocycles. The van der Waals surface area contributed by atoms with Crippen LogP contribution in [0.4, 0.5) is 0 Å². The number of nitrogens with zero attached hydrogens (tertiary/aromatic N) is 1. The van der Waals surface area contributed by atoms with Gasteiger partial charge in [-0.25, -0.2) is 0 Å². The second kappa shape index (κ2) is 20.8. The molecule has 0 aliphatic carbocycles. The Morgan fingerprint density at radius 3 is 1.13 bits per heavy atom. The van der Waals surface area contributed by atoms with Crippen LogP contribution in [-0.2, 0) is 4.74 Å². The Morgan fingerprint density at radius 2 is 0.800 bits per heavy atom. The van der Waals surface area contributed by atoms with Gasteiger partial charge in [0.05, 0.1) is 26.3 Å². The zero-order valence-electron chi connectivity index (χ0n) is 21.2. The molecule has 0 unspecified atom stereocenters. The summed E-state index contributed by atoms with van der Waals surface area (Å²) in [6.07, 6.45) is 29.3. The van der Waals surface area contributed by atoms with Gasteiger partial charge < -0.3 is 9.22 Å². The van der Waals surface area contributed by atoms with E-state index in [4.69, 9.17) is 4.74 Å². The molecule has 0 spiro atoms. The van der Waals surface area contributed by atoms with Gasteiger partial charge in [-0.3, -0.25) is 0 Å². The van der Waals surface area contributed by atoms with E-state index >= 15 is 0 Å². The fourth-order valence-electron chi connectivity index (χ4n) is 5.13. The fourth-order valence-corrected chi connectivity index (χ4v) is 5.13. The summed E-state index contributed by atoms with van der Waals surface area (Å²) in [4.78, 5) is 0. The number of quaternary nitrogens is 1. The average Bonchev–Trinajstić information content (AvgIpc) is 2.78. The SMILES string of the molecule is CCCCCCCCCCCCCCCCCCCCCC[N+]1(CC)CCOCC1. The third-order valence-electron chi connectivity index (χ3n) is 7.58. The Hall–Kier alpha value is -0.0800. The molecule has 0 saturated carbocycles. The molecule has 1 aliphatic rings. The van der Waals surface area contributed by atoms with E-state index in [1.165, 1.54) is 159 Å². The van der Waals surface area contributed by atoms with E-state index in [2.05, 4.69) is 13.8 Å². The van der Waals surface area contributed by atoms with Crippen LogP contribution in [0.5, 0.6) is 0 Å². The number of ether oxygens (including phenoxy) is 1. The van der Waals surface area contributed by atoms with Crippen molar-refractivity contribution in [2.45, 2.75) is 142 Å². The molecule has 180 valence electrons. The van der Waals surface area contributed by atoms with E-state index < -0.39 is 0 Å². The Morgan fingerprint density at radius 1 is 0.467 bits per heavy atom. The first kappa shape index (κ1) is 28.0. The Bertz CT molecular complexity index is 338. The maximum Gasteiger partial charge on any atom is 0.102 e. The monoisotopic (exact) mass is 424 g/mol. The predicted molar refractivity (Wildman–Crippen MR) is 134 cm³/mol. The normalized spacial score (nSPS) is 16.2. The molecule has 1 rings (SSSR count). The van der Waals surface area contributed by atoms with Crippen molar-refractivity contribution in [3.8, 4) is 0 Å². The summed E-state index contributed by atoms with van der Waals surface area (Å²) in [5.74, 6) is 0. The first-order valence-electron chi connectivity index (χ1n) is 14.3. The molecule has 1 fully saturated rings. The summed E-state index contributed by atoms with van der Waals surface area (Å²) in [5, 5.41) is 0. The van der Waals surface area contributed by atoms with Gasteiger partial charge in [0.1, 0.15) is 13.1 Å². The highest BCUT2D eigenvalue weighted by molar-refractivity contribution is 4.53. The predicted octanol–water partition coefficient (Wildman–Crippen LogP) is 8.68. The van der Waals surface area contributed by atoms with Crippen LogP contribution in [0.3, 0.4) is 0 Å². The van der Waals surface area contributed by atoms with Crippen molar-refractivity contribution in [2.24, 2.45) is 0 Å². The topological polar surface area (TPSA) is 9.23 Å². The number of morpholine rings is 1. The minimum Gasteiger partial charge on any atom is -0.370 e. The summed E-state index contributed by atoms with van der Waals surface area (Å²) in [6, 6.07) is 0. The van der Waals surface area contributed by atoms with Gasteiger partial charge in [-0.05, 0) is 19.8 Å². The molecule has 0 amide bonds. The van der Waals surface area contributed by atoms with E-state index in [1.807, 2.05) is 0 Å². The fraction of sp³-hybridized carbons (Fsp3) is 1.00. The minimum absolute atomic E-state index is 0.979. The van der Waals surface area contributed by atoms with Crippen LogP contribution < -0.4 is 0 Å². The molecule has 1 aliphatic heterocycles. The first-order chi connectivity index (χ1) is 14.8. The molecule has 0 aromatic heterocycles. The molecule has 1 saturated heterocycles. The lowest BCUT2D eigenvalue weighted by Crippen LogP contribution is -2.55. The molecule has 0 N–H and O–H groups in total. The van der Waals surface area contributed by atoms with Crippen molar-refractivity contribution in [3.63, 3.8) is 0 Å². The lowest BCUT2D eigenvalue weighted by molar-refractivity contribution is -0.933. The van der Waals surface area contributed by atoms with Gasteiger partial charge in [0.15, 0.2) is 0 Å². The van der Waals surface area contributed by atoms with E-state index in [0.29, 0.717) is 0 Å². The number of hydrogen-bond donors (Lipinski definition) is 0. The second-order valence-corrected chi connectivity index (χ2v) is 10.2. The summed E-state index contributed by atoms with van der Waals surface area (Å²) in [6.45, 7) is 11.8. The van der Waals surface area contributed by atoms with Crippen molar-refractivity contribution in [1.82, 2.24) is 0 Å². The summed E-state index contributed by atoms with van der Waals surface area (Å²) in [7, 11) is 0. The maximum absolute atomic E-state index is 5.56. The lowest BCUT2D eigenvalue weighted by Gasteiger charge is -2.40. The lowest BCUT2D eigenvalue weighted by atomic mass is 10.0. The largest absolute Gasteiger partial charge is 0.370 e. The Balaban J connectivity index is 1.72. The summed E-state index contributed by atoms with van der Waals surface area (Å²) < 4.78 is 6.88. The molecule has 0 atom stereocenters. The van der Waals surface area contributed by atoms with Crippen LogP contribution in [-0.4, -0.2) is 43.9 Å². The van der Waals surface area contributed by atoms with Crippen LogP contribution in [0.25, 0.3) is 0 Å². The molecular formula is C28H58NO+. The third kappa shape index (κ3) is 15.7. The summed E-state index contributed by atoms with van der Waals surface area (Å²) >= 11 is 0. The molecule has 2 heteroatoms. The van der Waals surface area contributed by atoms with Crippen LogP contribution in [0.2, 0.25) is 0 Å². The van der Waals surface area contributed by atoms with Gasteiger partial charge in [-0.1, -0.05) is 122 Å². The standard InChI is InChI=1S/C28H58NO/c1-3-5-6-7-8-9-10-11-12-13-14-15-16-17-18-19-20-21-22-23-24-29(4-2)25-27-30-28-26-29/h3-28H2,1-2H3/q+1. The van der Waals surface area contributed by atoms with E-state index in [9.17, 15) is 0 Å². The molecule has 2 nitrogen and oxygen atoms in total. The van der Waals surface area contributed by atoms with E-state index in [1.54, 1.807) is 0 Å². The van der Waals surface area contributed by atoms with Gasteiger partial charge in [-0.2, -0.15) is 0 Å². The molecule has 0 bridgehead atoms. The second-order valence-electron chi connectivity index (χ2n) is 10.2. The number of likely N-dealkylation sites (N-methyl/N-ethyl adjacent to an activating group) is 1. The zero-order valence-corrected chi connectivity index (χ0v) is 21.2. The first-order valence-corrected chi connectivity index (χ1v) is 14.3. The highest BCUT2D eigenvalue weighted by atomic mass is 16.5. The van der Waals surface area contributed by atoms with Crippen LogP contribution in [0.1, 0.15) is 142 Å². The Labute approximate surface area is 191 Å². The maximum atomic E-state index is 5.56. The van der Waals surface area contributed by atoms with Gasteiger partial charge in [0.25, 0.3) is 0 Å². The van der Waals surface area contributed by atoms with E-state index in [-0.39, 0.29) is 0 Å². The van der Waals surface area contributed by atoms with Crippen LogP contribution in [0, 0.1) is 0 Å². The molecule has 0 radical (unpaired) electrons. The number of hydrogen-bond acceptors (Lipinski definition) is 1. The third-order valence-corrected chi connectivity index (χ3v) is 7.58. The van der Waals surface area contributed by atoms with Crippen molar-refractivity contribution < 1.29 is 9.22 Å². The van der Waals surface area contributed by atoms with Gasteiger partial charge in [0, 0.05) is 0 Å². The average molecular weight is 425 g/mol. The van der Waals surface area contributed by atoms with Crippen LogP contribution >= 0.6 is 0 Å². The summed E-state index contributed by atoms with van der Waals surface area (Å²) in [5.41, 5.74) is 0. The minimum atomic E-state index is 0.979. The van der Waals surface area contributed by atoms with Crippen molar-refractivity contribution in [1.29, 1.82) is 0 Å². The highest BCUT2D eigenvalue weighted by Crippen LogP contribution is 2.16. The quantitative estimate of drug-likeness (QED) is 0.125. The Kier molecular flexibility index (Phi) is 19.4. The van der Waals surface area contributed by atoms with Crippen molar-refractivity contribution in [3.05, 3.63) is 0 Å². The smallest absolute Gasteiger partial charge is 0.102 e. The van der Waals surface area contributed by atoms with Crippen molar-refractivity contribution >= 4 is 0 Å². The van der Waals surface area contributed by atoms with Gasteiger partial charge >= 0.3 is 0 Å². The highest BCUT2D eigenvalue weighted by Gasteiger charge is 2.27. The zero-order chi connectivity index (χ0) is 21.6. The van der Waals surface area contributed by atoms with Gasteiger partial charge in [0.2, 0.25) is 0 Å². The number of rotatable bonds is 22. The molecule has 0 aromatic rings. The molecule has 0 aromatic carbocycles. The molecule has 30 heavy (non-hydrogen) atoms. The molecular weight excluding hydrogens is 366 g/mol. The van der Waals surface area contributed by atoms with E-state index in [0.717, 1.165) is 13.2 Å². The number of unbranched alkanes of at least 4 members (excludes halogenated alkanes) is 19. The van der Waals surface area contributed by atoms with Gasteiger partial charge in [-0.15, -0.1) is 0 Å². The van der Waals surface area contributed by atoms with Crippen LogP contribution in [0.15, 0.2) is 0 Å².